The molecule has 0 radical (unpaired) electrons. The first-order valence-corrected chi connectivity index (χ1v) is 16.3. The molecule has 8 heteroatoms. The number of benzene rings is 2. The molecule has 0 bridgehead atoms. The van der Waals surface area contributed by atoms with Crippen LogP contribution < -0.4 is 15.8 Å². The lowest BCUT2D eigenvalue weighted by atomic mass is 9.99. The van der Waals surface area contributed by atoms with Gasteiger partial charge in [-0.2, -0.15) is 0 Å². The molecule has 1 amide bonds. The molecule has 1 unspecified atom stereocenters. The smallest absolute Gasteiger partial charge is 0.246 e. The number of amides is 1. The zero-order valence-corrected chi connectivity index (χ0v) is 27.6. The van der Waals surface area contributed by atoms with E-state index in [-0.39, 0.29) is 17.7 Å². The molecular formula is C37H52N6O2. The number of para-hydroxylation sites is 1. The molecule has 8 nitrogen and oxygen atoms in total. The first-order chi connectivity index (χ1) is 21.8. The second kappa shape index (κ2) is 18.6. The normalized spacial score (nSPS) is 17.8. The molecule has 4 N–H and O–H groups in total. The third-order valence-corrected chi connectivity index (χ3v) is 7.86. The van der Waals surface area contributed by atoms with Crippen LogP contribution in [0, 0.1) is 5.41 Å². The van der Waals surface area contributed by atoms with E-state index in [2.05, 4.69) is 37.7 Å². The minimum atomic E-state index is -0.122. The molecule has 1 aliphatic heterocycles. The number of hydrogen-bond acceptors (Lipinski definition) is 6. The molecule has 45 heavy (non-hydrogen) atoms. The van der Waals surface area contributed by atoms with E-state index in [0.29, 0.717) is 47.6 Å². The molecule has 1 aliphatic carbocycles. The molecule has 0 aromatic heterocycles. The van der Waals surface area contributed by atoms with E-state index in [1.165, 1.54) is 32.1 Å². The summed E-state index contributed by atoms with van der Waals surface area (Å²) in [5.74, 6) is 1.92. The molecule has 2 fully saturated rings. The zero-order valence-electron chi connectivity index (χ0n) is 27.6. The third-order valence-electron chi connectivity index (χ3n) is 7.86. The number of likely N-dealkylation sites (tertiary alicyclic amines) is 1. The SMILES string of the molecule is C=CNC(=NC1CCCN(C(=O)/C=C/CN(C)C2CCCC2)C1)/C(C(=N)c1ccc(Oc2ccccc2)cc1)=C(\C)N.CCC. The van der Waals surface area contributed by atoms with Crippen LogP contribution in [0.3, 0.4) is 0 Å². The Labute approximate surface area is 270 Å². The lowest BCUT2D eigenvalue weighted by molar-refractivity contribution is -0.127. The molecular weight excluding hydrogens is 560 g/mol. The van der Waals surface area contributed by atoms with Crippen molar-refractivity contribution in [3.8, 4) is 11.5 Å². The number of ether oxygens (including phenoxy) is 1. The van der Waals surface area contributed by atoms with Crippen LogP contribution >= 0.6 is 0 Å². The standard InChI is InChI=1S/C34H44N6O2.C3H8/c1-4-37-34(32(25(2)35)33(36)26-18-20-30(21-19-26)42-29-15-6-5-7-16-29)38-27-12-10-23-40(24-27)31(41)17-11-22-39(3)28-13-8-9-14-28;1-3-2/h4-7,11,15-21,27-28,36H,1,8-10,12-14,22-24,35H2,2-3H3,(H,37,38);3H2,1-2H3/b17-11+,32-25+,36-33?;. The molecule has 1 saturated heterocycles. The van der Waals surface area contributed by atoms with Crippen LogP contribution in [0.4, 0.5) is 0 Å². The summed E-state index contributed by atoms with van der Waals surface area (Å²) in [4.78, 5) is 22.2. The van der Waals surface area contributed by atoms with Crippen LogP contribution in [-0.2, 0) is 4.79 Å². The third kappa shape index (κ3) is 11.0. The summed E-state index contributed by atoms with van der Waals surface area (Å²) in [6.07, 6.45) is 13.3. The molecule has 2 aromatic carbocycles. The van der Waals surface area contributed by atoms with Crippen LogP contribution in [0.15, 0.2) is 95.8 Å². The van der Waals surface area contributed by atoms with E-state index in [0.717, 1.165) is 25.1 Å². The van der Waals surface area contributed by atoms with E-state index in [1.807, 2.05) is 65.6 Å². The average molecular weight is 613 g/mol. The van der Waals surface area contributed by atoms with Gasteiger partial charge in [-0.15, -0.1) is 0 Å². The molecule has 1 saturated carbocycles. The van der Waals surface area contributed by atoms with Crippen molar-refractivity contribution in [3.63, 3.8) is 0 Å². The number of likely N-dealkylation sites (N-methyl/N-ethyl adjacent to an activating group) is 1. The number of rotatable bonds is 11. The zero-order chi connectivity index (χ0) is 32.6. The second-order valence-corrected chi connectivity index (χ2v) is 11.8. The van der Waals surface area contributed by atoms with Gasteiger partial charge in [0.2, 0.25) is 5.91 Å². The summed E-state index contributed by atoms with van der Waals surface area (Å²) in [5.41, 5.74) is 8.22. The Bertz CT molecular complexity index is 1320. The highest BCUT2D eigenvalue weighted by Gasteiger charge is 2.25. The molecule has 242 valence electrons. The summed E-state index contributed by atoms with van der Waals surface area (Å²) < 4.78 is 5.90. The maximum atomic E-state index is 13.0. The second-order valence-electron chi connectivity index (χ2n) is 11.8. The number of carbonyl (C=O) groups excluding carboxylic acids is 1. The number of nitrogens with one attached hydrogen (secondary N) is 2. The Morgan fingerprint density at radius 1 is 1.09 bits per heavy atom. The van der Waals surface area contributed by atoms with Gasteiger partial charge in [0.05, 0.1) is 17.3 Å². The van der Waals surface area contributed by atoms with Crippen LogP contribution in [0.25, 0.3) is 0 Å². The predicted octanol–water partition coefficient (Wildman–Crippen LogP) is 7.05. The Kier molecular flexibility index (Phi) is 14.6. The van der Waals surface area contributed by atoms with Crippen LogP contribution in [-0.4, -0.2) is 66.0 Å². The van der Waals surface area contributed by atoms with Gasteiger partial charge in [-0.3, -0.25) is 20.1 Å². The highest BCUT2D eigenvalue weighted by atomic mass is 16.5. The van der Waals surface area contributed by atoms with Crippen molar-refractivity contribution in [1.29, 1.82) is 5.41 Å². The fourth-order valence-electron chi connectivity index (χ4n) is 5.59. The summed E-state index contributed by atoms with van der Waals surface area (Å²) in [6.45, 7) is 11.8. The predicted molar refractivity (Wildman–Crippen MR) is 187 cm³/mol. The number of nitrogens with two attached hydrogens (primary N) is 1. The van der Waals surface area contributed by atoms with Crippen molar-refractivity contribution in [3.05, 3.63) is 96.4 Å². The molecule has 2 aliphatic rings. The quantitative estimate of drug-likeness (QED) is 0.143. The highest BCUT2D eigenvalue weighted by molar-refractivity contribution is 6.29. The van der Waals surface area contributed by atoms with Crippen molar-refractivity contribution in [2.24, 2.45) is 10.7 Å². The molecule has 1 atom stereocenters. The minimum Gasteiger partial charge on any atom is -0.457 e. The largest absolute Gasteiger partial charge is 0.457 e. The fourth-order valence-corrected chi connectivity index (χ4v) is 5.59. The van der Waals surface area contributed by atoms with E-state index in [4.69, 9.17) is 20.9 Å². The summed E-state index contributed by atoms with van der Waals surface area (Å²) in [5, 5.41) is 12.1. The molecule has 0 spiro atoms. The van der Waals surface area contributed by atoms with E-state index >= 15 is 0 Å². The number of allylic oxidation sites excluding steroid dienone is 1. The monoisotopic (exact) mass is 612 g/mol. The first-order valence-electron chi connectivity index (χ1n) is 16.3. The van der Waals surface area contributed by atoms with Crippen LogP contribution in [0.2, 0.25) is 0 Å². The van der Waals surface area contributed by atoms with Crippen LogP contribution in [0.5, 0.6) is 11.5 Å². The average Bonchev–Trinajstić information content (AvgIpc) is 3.58. The highest BCUT2D eigenvalue weighted by Crippen LogP contribution is 2.24. The number of nitrogens with zero attached hydrogens (tertiary/aromatic N) is 3. The van der Waals surface area contributed by atoms with Gasteiger partial charge < -0.3 is 20.7 Å². The lowest BCUT2D eigenvalue weighted by Gasteiger charge is -2.31. The lowest BCUT2D eigenvalue weighted by Crippen LogP contribution is -2.42. The van der Waals surface area contributed by atoms with Crippen LogP contribution in [0.1, 0.15) is 71.3 Å². The van der Waals surface area contributed by atoms with Gasteiger partial charge in [0.15, 0.2) is 0 Å². The van der Waals surface area contributed by atoms with Crippen molar-refractivity contribution < 1.29 is 9.53 Å². The molecule has 2 aromatic rings. The number of piperidine rings is 1. The van der Waals surface area contributed by atoms with Gasteiger partial charge >= 0.3 is 0 Å². The van der Waals surface area contributed by atoms with E-state index in [9.17, 15) is 4.79 Å². The summed E-state index contributed by atoms with van der Waals surface area (Å²) >= 11 is 0. The van der Waals surface area contributed by atoms with E-state index < -0.39 is 0 Å². The van der Waals surface area contributed by atoms with Gasteiger partial charge in [0, 0.05) is 43.0 Å². The van der Waals surface area contributed by atoms with Gasteiger partial charge in [0.1, 0.15) is 17.3 Å². The molecule has 4 rings (SSSR count). The van der Waals surface area contributed by atoms with Crippen molar-refractivity contribution in [2.45, 2.75) is 77.8 Å². The van der Waals surface area contributed by atoms with Gasteiger partial charge in [0.25, 0.3) is 0 Å². The summed E-state index contributed by atoms with van der Waals surface area (Å²) in [6, 6.07) is 17.4. The maximum absolute atomic E-state index is 13.0. The van der Waals surface area contributed by atoms with Crippen molar-refractivity contribution in [1.82, 2.24) is 15.1 Å². The Balaban J connectivity index is 0.00000177. The van der Waals surface area contributed by atoms with Crippen molar-refractivity contribution >= 4 is 17.5 Å². The molecule has 1 heterocycles. The number of amidine groups is 1. The van der Waals surface area contributed by atoms with Gasteiger partial charge in [-0.05, 0) is 82.3 Å². The maximum Gasteiger partial charge on any atom is 0.246 e. The fraction of sp³-hybridized carbons (Fsp3) is 0.432. The Morgan fingerprint density at radius 3 is 2.36 bits per heavy atom. The number of hydrogen-bond donors (Lipinski definition) is 3. The van der Waals surface area contributed by atoms with Gasteiger partial charge in [-0.25, -0.2) is 0 Å². The topological polar surface area (TPSA) is 107 Å². The van der Waals surface area contributed by atoms with Gasteiger partial charge in [-0.1, -0.05) is 64.0 Å². The summed E-state index contributed by atoms with van der Waals surface area (Å²) in [7, 11) is 2.14. The number of aliphatic imine (C=N–C) groups is 1. The number of carbonyl (C=O) groups is 1. The Morgan fingerprint density at radius 2 is 1.73 bits per heavy atom. The first kappa shape index (κ1) is 35.3. The van der Waals surface area contributed by atoms with Crippen molar-refractivity contribution in [2.75, 3.05) is 26.7 Å². The van der Waals surface area contributed by atoms with E-state index in [1.54, 1.807) is 19.2 Å². The minimum absolute atomic E-state index is 0.0178. The Hall–Kier alpha value is -4.17.